The highest BCUT2D eigenvalue weighted by Gasteiger charge is 2.25. The van der Waals surface area contributed by atoms with E-state index in [9.17, 15) is 9.59 Å². The van der Waals surface area contributed by atoms with E-state index in [0.29, 0.717) is 0 Å². The molecule has 0 unspecified atom stereocenters. The molecule has 2 rings (SSSR count). The lowest BCUT2D eigenvalue weighted by atomic mass is 10.1. The number of rotatable bonds is 4. The lowest BCUT2D eigenvalue weighted by Crippen LogP contribution is -2.35. The van der Waals surface area contributed by atoms with Gasteiger partial charge in [-0.05, 0) is 24.8 Å². The van der Waals surface area contributed by atoms with Crippen molar-refractivity contribution in [3.8, 4) is 0 Å². The molecule has 0 aliphatic heterocycles. The van der Waals surface area contributed by atoms with Gasteiger partial charge in [-0.1, -0.05) is 36.4 Å². The van der Waals surface area contributed by atoms with Crippen LogP contribution in [0.1, 0.15) is 30.9 Å². The fourth-order valence-electron chi connectivity index (χ4n) is 2.14. The normalized spacial score (nSPS) is 15.5. The number of methoxy groups -OCH3 is 1. The molecular weight excluding hydrogens is 242 g/mol. The van der Waals surface area contributed by atoms with Gasteiger partial charge in [-0.15, -0.1) is 0 Å². The average molecular weight is 259 g/mol. The van der Waals surface area contributed by atoms with E-state index >= 15 is 0 Å². The van der Waals surface area contributed by atoms with Crippen molar-refractivity contribution in [1.82, 2.24) is 5.32 Å². The molecule has 1 aliphatic rings. The topological polar surface area (TPSA) is 55.4 Å². The fraction of sp³-hybridized carbons (Fsp3) is 0.333. The second kappa shape index (κ2) is 6.18. The number of hydrogen-bond donors (Lipinski definition) is 1. The molecule has 0 fully saturated rings. The van der Waals surface area contributed by atoms with Crippen molar-refractivity contribution < 1.29 is 14.3 Å². The van der Waals surface area contributed by atoms with Crippen LogP contribution in [-0.2, 0) is 14.3 Å². The van der Waals surface area contributed by atoms with Crippen LogP contribution < -0.4 is 5.32 Å². The smallest absolute Gasteiger partial charge is 0.333 e. The lowest BCUT2D eigenvalue weighted by molar-refractivity contribution is -0.144. The first-order valence-corrected chi connectivity index (χ1v) is 6.35. The maximum Gasteiger partial charge on any atom is 0.333 e. The zero-order valence-electron chi connectivity index (χ0n) is 10.9. The number of ether oxygens (including phenoxy) is 1. The van der Waals surface area contributed by atoms with Crippen LogP contribution in [0.25, 0.3) is 0 Å². The largest absolute Gasteiger partial charge is 0.467 e. The minimum absolute atomic E-state index is 0.184. The standard InChI is InChI=1S/C15H17NO3/c1-19-15(18)13(11-7-3-2-4-8-11)16-14(17)12-9-5-6-10-12/h2-4,7-9,13H,5-6,10H2,1H3,(H,16,17)/t13-/m1/s1. The Hall–Kier alpha value is -2.10. The summed E-state index contributed by atoms with van der Waals surface area (Å²) in [6.45, 7) is 0. The fourth-order valence-corrected chi connectivity index (χ4v) is 2.14. The van der Waals surface area contributed by atoms with E-state index in [-0.39, 0.29) is 5.91 Å². The van der Waals surface area contributed by atoms with Gasteiger partial charge in [0, 0.05) is 5.57 Å². The van der Waals surface area contributed by atoms with E-state index in [4.69, 9.17) is 4.74 Å². The predicted octanol–water partition coefficient (Wildman–Crippen LogP) is 2.13. The van der Waals surface area contributed by atoms with Crippen molar-refractivity contribution in [2.24, 2.45) is 0 Å². The minimum Gasteiger partial charge on any atom is -0.467 e. The van der Waals surface area contributed by atoms with Gasteiger partial charge in [0.25, 0.3) is 0 Å². The molecule has 0 aromatic heterocycles. The number of amides is 1. The van der Waals surface area contributed by atoms with Gasteiger partial charge in [-0.3, -0.25) is 4.79 Å². The molecule has 1 aromatic rings. The summed E-state index contributed by atoms with van der Waals surface area (Å²) in [7, 11) is 1.32. The van der Waals surface area contributed by atoms with Gasteiger partial charge >= 0.3 is 5.97 Å². The van der Waals surface area contributed by atoms with E-state index in [1.165, 1.54) is 7.11 Å². The van der Waals surface area contributed by atoms with Gasteiger partial charge in [0.15, 0.2) is 6.04 Å². The molecule has 1 amide bonds. The van der Waals surface area contributed by atoms with Gasteiger partial charge < -0.3 is 10.1 Å². The van der Waals surface area contributed by atoms with Crippen LogP contribution in [0.2, 0.25) is 0 Å². The Morgan fingerprint density at radius 1 is 1.26 bits per heavy atom. The number of nitrogens with one attached hydrogen (secondary N) is 1. The van der Waals surface area contributed by atoms with Crippen LogP contribution in [0.3, 0.4) is 0 Å². The van der Waals surface area contributed by atoms with E-state index in [1.807, 2.05) is 24.3 Å². The van der Waals surface area contributed by atoms with Crippen LogP contribution in [-0.4, -0.2) is 19.0 Å². The van der Waals surface area contributed by atoms with Gasteiger partial charge in [0.1, 0.15) is 0 Å². The third-order valence-electron chi connectivity index (χ3n) is 3.18. The van der Waals surface area contributed by atoms with E-state index in [1.54, 1.807) is 12.1 Å². The van der Waals surface area contributed by atoms with Crippen LogP contribution >= 0.6 is 0 Å². The quantitative estimate of drug-likeness (QED) is 0.843. The maximum atomic E-state index is 12.1. The maximum absolute atomic E-state index is 12.1. The average Bonchev–Trinajstić information content (AvgIpc) is 2.99. The number of carbonyl (C=O) groups is 2. The summed E-state index contributed by atoms with van der Waals surface area (Å²) in [5.41, 5.74) is 1.48. The molecular formula is C15H17NO3. The monoisotopic (exact) mass is 259 g/mol. The Bertz CT molecular complexity index is 493. The third kappa shape index (κ3) is 3.22. The SMILES string of the molecule is COC(=O)[C@H](NC(=O)C1=CCCC1)c1ccccc1. The van der Waals surface area contributed by atoms with Crippen molar-refractivity contribution in [2.75, 3.05) is 7.11 Å². The van der Waals surface area contributed by atoms with Gasteiger partial charge in [0.2, 0.25) is 5.91 Å². The zero-order valence-corrected chi connectivity index (χ0v) is 10.9. The molecule has 1 N–H and O–H groups in total. The molecule has 19 heavy (non-hydrogen) atoms. The minimum atomic E-state index is -0.750. The number of esters is 1. The summed E-state index contributed by atoms with van der Waals surface area (Å²) in [6.07, 6.45) is 4.62. The first kappa shape index (κ1) is 13.3. The molecule has 0 radical (unpaired) electrons. The van der Waals surface area contributed by atoms with Crippen LogP contribution in [0.15, 0.2) is 42.0 Å². The molecule has 4 heteroatoms. The summed E-state index contributed by atoms with van der Waals surface area (Å²) in [4.78, 5) is 23.9. The highest BCUT2D eigenvalue weighted by Crippen LogP contribution is 2.20. The Kier molecular flexibility index (Phi) is 4.34. The molecule has 0 saturated heterocycles. The second-order valence-corrected chi connectivity index (χ2v) is 4.46. The van der Waals surface area contributed by atoms with Crippen molar-refractivity contribution in [1.29, 1.82) is 0 Å². The van der Waals surface area contributed by atoms with E-state index < -0.39 is 12.0 Å². The van der Waals surface area contributed by atoms with Crippen molar-refractivity contribution in [3.05, 3.63) is 47.5 Å². The molecule has 1 aliphatic carbocycles. The van der Waals surface area contributed by atoms with E-state index in [2.05, 4.69) is 5.32 Å². The first-order chi connectivity index (χ1) is 9.22. The summed E-state index contributed by atoms with van der Waals surface area (Å²) in [5.74, 6) is -0.644. The van der Waals surface area contributed by atoms with Gasteiger partial charge in [0.05, 0.1) is 7.11 Å². The molecule has 1 atom stereocenters. The number of allylic oxidation sites excluding steroid dienone is 1. The first-order valence-electron chi connectivity index (χ1n) is 6.35. The zero-order chi connectivity index (χ0) is 13.7. The number of carbonyl (C=O) groups excluding carboxylic acids is 2. The summed E-state index contributed by atoms with van der Waals surface area (Å²) in [6, 6.07) is 8.35. The summed E-state index contributed by atoms with van der Waals surface area (Å²) >= 11 is 0. The molecule has 100 valence electrons. The Morgan fingerprint density at radius 3 is 2.58 bits per heavy atom. The van der Waals surface area contributed by atoms with Gasteiger partial charge in [-0.2, -0.15) is 0 Å². The summed E-state index contributed by atoms with van der Waals surface area (Å²) in [5, 5.41) is 2.74. The Morgan fingerprint density at radius 2 is 2.00 bits per heavy atom. The molecule has 0 spiro atoms. The lowest BCUT2D eigenvalue weighted by Gasteiger charge is -2.17. The van der Waals surface area contributed by atoms with Crippen molar-refractivity contribution >= 4 is 11.9 Å². The Balaban J connectivity index is 2.15. The van der Waals surface area contributed by atoms with Crippen LogP contribution in [0, 0.1) is 0 Å². The number of benzene rings is 1. The molecule has 0 bridgehead atoms. The summed E-state index contributed by atoms with van der Waals surface area (Å²) < 4.78 is 4.76. The number of hydrogen-bond acceptors (Lipinski definition) is 3. The molecule has 0 heterocycles. The Labute approximate surface area is 112 Å². The predicted molar refractivity (Wildman–Crippen MR) is 71.3 cm³/mol. The highest BCUT2D eigenvalue weighted by molar-refractivity contribution is 5.96. The van der Waals surface area contributed by atoms with Crippen LogP contribution in [0.4, 0.5) is 0 Å². The van der Waals surface area contributed by atoms with Crippen molar-refractivity contribution in [3.63, 3.8) is 0 Å². The third-order valence-corrected chi connectivity index (χ3v) is 3.18. The molecule has 0 saturated carbocycles. The van der Waals surface area contributed by atoms with Crippen molar-refractivity contribution in [2.45, 2.75) is 25.3 Å². The molecule has 4 nitrogen and oxygen atoms in total. The highest BCUT2D eigenvalue weighted by atomic mass is 16.5. The molecule has 1 aromatic carbocycles. The van der Waals surface area contributed by atoms with E-state index in [0.717, 1.165) is 30.4 Å². The second-order valence-electron chi connectivity index (χ2n) is 4.46. The van der Waals surface area contributed by atoms with Crippen LogP contribution in [0.5, 0.6) is 0 Å². The van der Waals surface area contributed by atoms with Gasteiger partial charge in [-0.25, -0.2) is 4.79 Å².